The molecule has 0 spiro atoms. The van der Waals surface area contributed by atoms with Gasteiger partial charge in [-0.25, -0.2) is 0 Å². The smallest absolute Gasteiger partial charge is 0.355 e. The number of hydrogen-bond donors (Lipinski definition) is 0. The van der Waals surface area contributed by atoms with Crippen LogP contribution in [-0.2, 0) is 9.47 Å². The van der Waals surface area contributed by atoms with Gasteiger partial charge in [-0.2, -0.15) is 0 Å². The van der Waals surface area contributed by atoms with Gasteiger partial charge in [-0.3, -0.25) is 0 Å². The zero-order valence-electron chi connectivity index (χ0n) is 6.18. The van der Waals surface area contributed by atoms with Crippen LogP contribution in [0.2, 0.25) is 4.05 Å². The van der Waals surface area contributed by atoms with Gasteiger partial charge >= 0.3 is 19.3 Å². The fourth-order valence-corrected chi connectivity index (χ4v) is 1.76. The maximum atomic E-state index is 5.76. The van der Waals surface area contributed by atoms with Crippen LogP contribution in [0.5, 0.6) is 0 Å². The van der Waals surface area contributed by atoms with Gasteiger partial charge in [0.25, 0.3) is 0 Å². The maximum Gasteiger partial charge on any atom is 0.509 e. The lowest BCUT2D eigenvalue weighted by Crippen LogP contribution is -2.29. The molecular weight excluding hydrogens is 164 g/mol. The van der Waals surface area contributed by atoms with Crippen LogP contribution in [-0.4, -0.2) is 38.8 Å². The number of hydrogen-bond acceptors (Lipinski definition) is 2. The van der Waals surface area contributed by atoms with Crippen LogP contribution < -0.4 is 0 Å². The molecule has 1 atom stereocenters. The lowest BCUT2D eigenvalue weighted by Gasteiger charge is -2.27. The lowest BCUT2D eigenvalue weighted by molar-refractivity contribution is -0.178. The van der Waals surface area contributed by atoms with Gasteiger partial charge < -0.3 is 18.5 Å². The Bertz CT molecular complexity index is 95.7. The number of halogens is 1. The van der Waals surface area contributed by atoms with E-state index in [0.717, 1.165) is 19.6 Å². The highest BCUT2D eigenvalue weighted by Crippen LogP contribution is 2.18. The molecule has 1 aliphatic heterocycles. The van der Waals surface area contributed by atoms with Crippen LogP contribution in [0.3, 0.4) is 0 Å². The molecule has 0 N–H and O–H groups in total. The molecule has 1 aliphatic rings. The highest BCUT2D eigenvalue weighted by atomic mass is 35.5. The second kappa shape index (κ2) is 4.77. The van der Waals surface area contributed by atoms with Crippen molar-refractivity contribution >= 4 is 28.3 Å². The maximum absolute atomic E-state index is 5.76. The molecule has 1 saturated heterocycles. The third kappa shape index (κ3) is 2.55. The normalized spacial score (nSPS) is 23.8. The molecule has 1 fully saturated rings. The summed E-state index contributed by atoms with van der Waals surface area (Å²) in [5, 5.41) is 0. The highest BCUT2D eigenvalue weighted by molar-refractivity contribution is 6.94. The van der Waals surface area contributed by atoms with Crippen LogP contribution >= 0.6 is 9.07 Å². The van der Waals surface area contributed by atoms with Crippen LogP contribution in [0.1, 0.15) is 13.3 Å². The van der Waals surface area contributed by atoms with Gasteiger partial charge in [0.2, 0.25) is 0 Å². The summed E-state index contributed by atoms with van der Waals surface area (Å²) in [5.41, 5.74) is 0. The largest absolute Gasteiger partial charge is 0.509 e. The zero-order chi connectivity index (χ0) is 7.40. The minimum Gasteiger partial charge on any atom is -0.355 e. The van der Waals surface area contributed by atoms with E-state index >= 15 is 0 Å². The van der Waals surface area contributed by atoms with Gasteiger partial charge in [-0.1, -0.05) is 11.0 Å². The molecule has 0 radical (unpaired) electrons. The summed E-state index contributed by atoms with van der Waals surface area (Å²) in [5.74, 6) is 0. The Kier molecular flexibility index (Phi) is 4.33. The standard InChI is InChI=1S/C6H11O2.ClH.Mg/c1-2-6-7-4-3-5-8-6;;/h2,6H,3-5H2,1H3;1H;/q;;+1/p-1. The fraction of sp³-hybridized carbons (Fsp3) is 1.00. The molecule has 2 nitrogen and oxygen atoms in total. The average Bonchev–Trinajstić information content (AvgIpc) is 2.05. The number of rotatable bonds is 2. The first-order chi connectivity index (χ1) is 4.84. The van der Waals surface area contributed by atoms with E-state index in [4.69, 9.17) is 18.5 Å². The van der Waals surface area contributed by atoms with E-state index in [1.54, 1.807) is 0 Å². The second-order valence-electron chi connectivity index (χ2n) is 2.60. The van der Waals surface area contributed by atoms with Crippen molar-refractivity contribution in [2.75, 3.05) is 13.2 Å². The molecule has 56 valence electrons. The Morgan fingerprint density at radius 3 is 2.60 bits per heavy atom. The Hall–Kier alpha value is 0.976. The van der Waals surface area contributed by atoms with E-state index in [1.165, 1.54) is 0 Å². The molecule has 1 rings (SSSR count). The first kappa shape index (κ1) is 9.07. The average molecular weight is 175 g/mol. The molecule has 0 aliphatic carbocycles. The first-order valence-electron chi connectivity index (χ1n) is 3.63. The lowest BCUT2D eigenvalue weighted by atomic mass is 10.4. The van der Waals surface area contributed by atoms with E-state index in [1.807, 2.05) is 0 Å². The molecule has 0 bridgehead atoms. The Morgan fingerprint density at radius 1 is 1.50 bits per heavy atom. The fourth-order valence-electron chi connectivity index (χ4n) is 0.907. The summed E-state index contributed by atoms with van der Waals surface area (Å²) >= 11 is -0.484. The molecule has 0 saturated carbocycles. The summed E-state index contributed by atoms with van der Waals surface area (Å²) in [6, 6.07) is 0. The molecule has 0 amide bonds. The van der Waals surface area contributed by atoms with Crippen molar-refractivity contribution in [1.29, 1.82) is 0 Å². The van der Waals surface area contributed by atoms with Crippen molar-refractivity contribution in [3.05, 3.63) is 0 Å². The van der Waals surface area contributed by atoms with Crippen LogP contribution in [0, 0.1) is 0 Å². The van der Waals surface area contributed by atoms with Crippen LogP contribution in [0.4, 0.5) is 0 Å². The summed E-state index contributed by atoms with van der Waals surface area (Å²) < 4.78 is 11.2. The van der Waals surface area contributed by atoms with Crippen LogP contribution in [0.15, 0.2) is 0 Å². The Morgan fingerprint density at radius 2 is 2.10 bits per heavy atom. The van der Waals surface area contributed by atoms with Crippen molar-refractivity contribution in [2.24, 2.45) is 0 Å². The van der Waals surface area contributed by atoms with Crippen molar-refractivity contribution < 1.29 is 9.47 Å². The molecule has 1 unspecified atom stereocenters. The zero-order valence-corrected chi connectivity index (χ0v) is 8.35. The predicted molar refractivity (Wildman–Crippen MR) is 41.3 cm³/mol. The minimum atomic E-state index is -0.484. The van der Waals surface area contributed by atoms with E-state index in [9.17, 15) is 0 Å². The van der Waals surface area contributed by atoms with Crippen LogP contribution in [0.25, 0.3) is 0 Å². The molecule has 0 aromatic carbocycles. The molecule has 0 aromatic rings. The third-order valence-corrected chi connectivity index (χ3v) is 3.89. The Balaban J connectivity index is 2.24. The predicted octanol–water partition coefficient (Wildman–Crippen LogP) is 1.42. The van der Waals surface area contributed by atoms with E-state index in [0.29, 0.717) is 4.05 Å². The minimum absolute atomic E-state index is 0.00193. The summed E-state index contributed by atoms with van der Waals surface area (Å²) in [4.78, 5) is 0. The van der Waals surface area contributed by atoms with E-state index in [2.05, 4.69) is 6.92 Å². The second-order valence-corrected chi connectivity index (χ2v) is 5.12. The van der Waals surface area contributed by atoms with Crippen molar-refractivity contribution in [1.82, 2.24) is 0 Å². The quantitative estimate of drug-likeness (QED) is 0.590. The van der Waals surface area contributed by atoms with Gasteiger partial charge in [0.1, 0.15) is 6.29 Å². The monoisotopic (exact) mass is 174 g/mol. The molecular formula is C6H11ClMgO2. The number of ether oxygens (including phenoxy) is 2. The third-order valence-electron chi connectivity index (χ3n) is 1.56. The summed E-state index contributed by atoms with van der Waals surface area (Å²) in [7, 11) is 5.76. The summed E-state index contributed by atoms with van der Waals surface area (Å²) in [6.45, 7) is 3.76. The van der Waals surface area contributed by atoms with Crippen molar-refractivity contribution in [3.63, 3.8) is 0 Å². The van der Waals surface area contributed by atoms with Gasteiger partial charge in [0.15, 0.2) is 0 Å². The summed E-state index contributed by atoms with van der Waals surface area (Å²) in [6.07, 6.45) is 1.02. The molecule has 1 heterocycles. The van der Waals surface area contributed by atoms with Gasteiger partial charge in [0, 0.05) is 0 Å². The van der Waals surface area contributed by atoms with Crippen molar-refractivity contribution in [3.8, 4) is 0 Å². The molecule has 0 aromatic heterocycles. The topological polar surface area (TPSA) is 18.5 Å². The molecule has 10 heavy (non-hydrogen) atoms. The van der Waals surface area contributed by atoms with Gasteiger partial charge in [0.05, 0.1) is 13.2 Å². The van der Waals surface area contributed by atoms with Gasteiger partial charge in [-0.15, -0.1) is 0 Å². The van der Waals surface area contributed by atoms with Crippen molar-refractivity contribution in [2.45, 2.75) is 23.7 Å². The molecule has 4 heteroatoms. The Labute approximate surface area is 74.7 Å². The van der Waals surface area contributed by atoms with E-state index < -0.39 is 19.3 Å². The van der Waals surface area contributed by atoms with E-state index in [-0.39, 0.29) is 6.29 Å². The SMILES string of the molecule is C[CH]([Mg][Cl])C1OCCCO1. The first-order valence-corrected chi connectivity index (χ1v) is 6.59. The highest BCUT2D eigenvalue weighted by Gasteiger charge is 2.21. The van der Waals surface area contributed by atoms with Gasteiger partial charge in [-0.05, 0) is 6.42 Å².